The molecule has 2 aromatic carbocycles. The molecule has 0 atom stereocenters. The Morgan fingerprint density at radius 1 is 1.17 bits per heavy atom. The minimum absolute atomic E-state index is 0.155. The number of fused-ring (bicyclic) bond motifs is 1. The van der Waals surface area contributed by atoms with Gasteiger partial charge >= 0.3 is 0 Å². The van der Waals surface area contributed by atoms with E-state index in [1.54, 1.807) is 11.8 Å². The van der Waals surface area contributed by atoms with Crippen molar-refractivity contribution in [3.8, 4) is 0 Å². The first-order valence-electron chi connectivity index (χ1n) is 9.36. The van der Waals surface area contributed by atoms with Crippen molar-refractivity contribution < 1.29 is 13.2 Å². The molecule has 0 saturated carbocycles. The van der Waals surface area contributed by atoms with Crippen molar-refractivity contribution in [2.75, 3.05) is 17.8 Å². The summed E-state index contributed by atoms with van der Waals surface area (Å²) < 4.78 is 28.1. The van der Waals surface area contributed by atoms with Crippen LogP contribution in [0.3, 0.4) is 0 Å². The van der Waals surface area contributed by atoms with Crippen LogP contribution in [-0.2, 0) is 21.2 Å². The fourth-order valence-corrected chi connectivity index (χ4v) is 5.82. The second kappa shape index (κ2) is 9.68. The zero-order chi connectivity index (χ0) is 21.9. The molecule has 1 heterocycles. The van der Waals surface area contributed by atoms with E-state index in [0.29, 0.717) is 9.82 Å². The molecule has 1 amide bonds. The van der Waals surface area contributed by atoms with Crippen LogP contribution >= 0.6 is 34.7 Å². The first-order chi connectivity index (χ1) is 14.2. The molecule has 0 spiro atoms. The topological polar surface area (TPSA) is 68.5 Å². The van der Waals surface area contributed by atoms with Gasteiger partial charge in [-0.2, -0.15) is 16.8 Å². The number of amides is 1. The van der Waals surface area contributed by atoms with Crippen LogP contribution < -0.4 is 4.80 Å². The summed E-state index contributed by atoms with van der Waals surface area (Å²) in [5.74, 6) is 0.168. The predicted molar refractivity (Wildman–Crippen MR) is 126 cm³/mol. The van der Waals surface area contributed by atoms with Crippen LogP contribution in [0, 0.1) is 13.8 Å². The number of aromatic nitrogens is 1. The van der Waals surface area contributed by atoms with E-state index in [2.05, 4.69) is 35.5 Å². The number of benzene rings is 2. The average molecular weight is 483 g/mol. The molecular weight excluding hydrogens is 460 g/mol. The van der Waals surface area contributed by atoms with Crippen molar-refractivity contribution in [3.05, 3.63) is 57.3 Å². The van der Waals surface area contributed by atoms with Crippen LogP contribution in [0.1, 0.15) is 17.5 Å². The number of thioether (sulfide) groups is 1. The highest BCUT2D eigenvalue weighted by molar-refractivity contribution is 7.98. The molecule has 0 saturated heterocycles. The van der Waals surface area contributed by atoms with E-state index < -0.39 is 15.7 Å². The standard InChI is InChI=1S/C21H23ClN2O3S3/c1-14-12-18-19(13-15(14)2)29-21(24(18)9-10-28-3)23-20(25)8-11-30(26,27)17-6-4-16(22)5-7-17/h4-7,12-13H,8-11H2,1-3H3. The van der Waals surface area contributed by atoms with Crippen LogP contribution in [0.25, 0.3) is 10.2 Å². The van der Waals surface area contributed by atoms with E-state index in [0.717, 1.165) is 22.5 Å². The molecule has 5 nitrogen and oxygen atoms in total. The van der Waals surface area contributed by atoms with Crippen LogP contribution in [0.5, 0.6) is 0 Å². The molecule has 9 heteroatoms. The van der Waals surface area contributed by atoms with Gasteiger partial charge in [-0.3, -0.25) is 4.79 Å². The Labute approximate surface area is 189 Å². The van der Waals surface area contributed by atoms with Crippen molar-refractivity contribution in [2.45, 2.75) is 31.7 Å². The van der Waals surface area contributed by atoms with Gasteiger partial charge in [0.1, 0.15) is 0 Å². The molecule has 0 aliphatic heterocycles. The second-order valence-corrected chi connectivity index (χ2v) is 11.5. The quantitative estimate of drug-likeness (QED) is 0.492. The third-order valence-electron chi connectivity index (χ3n) is 4.80. The molecule has 0 bridgehead atoms. The molecular formula is C21H23ClN2O3S3. The maximum atomic E-state index is 12.5. The number of thiazole rings is 1. The van der Waals surface area contributed by atoms with E-state index in [-0.39, 0.29) is 17.1 Å². The van der Waals surface area contributed by atoms with Gasteiger partial charge in [-0.25, -0.2) is 8.42 Å². The zero-order valence-electron chi connectivity index (χ0n) is 17.0. The molecule has 0 unspecified atom stereocenters. The van der Waals surface area contributed by atoms with Crippen molar-refractivity contribution >= 4 is 60.7 Å². The van der Waals surface area contributed by atoms with Gasteiger partial charge in [0.05, 0.1) is 20.9 Å². The maximum Gasteiger partial charge on any atom is 0.249 e. The maximum absolute atomic E-state index is 12.5. The van der Waals surface area contributed by atoms with Gasteiger partial charge in [-0.1, -0.05) is 22.9 Å². The summed E-state index contributed by atoms with van der Waals surface area (Å²) >= 11 is 9.00. The highest BCUT2D eigenvalue weighted by atomic mass is 35.5. The summed E-state index contributed by atoms with van der Waals surface area (Å²) in [6, 6.07) is 10.2. The lowest BCUT2D eigenvalue weighted by Gasteiger charge is -2.06. The van der Waals surface area contributed by atoms with E-state index in [9.17, 15) is 13.2 Å². The monoisotopic (exact) mass is 482 g/mol. The Hall–Kier alpha value is -1.61. The Kier molecular flexibility index (Phi) is 7.44. The molecule has 0 aliphatic carbocycles. The Balaban J connectivity index is 1.88. The smallest absolute Gasteiger partial charge is 0.249 e. The number of rotatable bonds is 7. The summed E-state index contributed by atoms with van der Waals surface area (Å²) in [7, 11) is -3.57. The van der Waals surface area contributed by atoms with E-state index in [1.807, 2.05) is 6.26 Å². The molecule has 3 rings (SSSR count). The lowest BCUT2D eigenvalue weighted by Crippen LogP contribution is -2.19. The predicted octanol–water partition coefficient (Wildman–Crippen LogP) is 4.63. The van der Waals surface area contributed by atoms with Gasteiger partial charge in [0.25, 0.3) is 0 Å². The van der Waals surface area contributed by atoms with Gasteiger partial charge < -0.3 is 4.57 Å². The van der Waals surface area contributed by atoms with Crippen molar-refractivity contribution in [2.24, 2.45) is 4.99 Å². The van der Waals surface area contributed by atoms with E-state index in [4.69, 9.17) is 11.6 Å². The fraction of sp³-hybridized carbons (Fsp3) is 0.333. The van der Waals surface area contributed by atoms with Gasteiger partial charge in [0.15, 0.2) is 14.6 Å². The minimum Gasteiger partial charge on any atom is -0.316 e. The third kappa shape index (κ3) is 5.35. The number of aryl methyl sites for hydroxylation is 3. The number of carbonyl (C=O) groups is 1. The first kappa shape index (κ1) is 23.1. The molecule has 160 valence electrons. The first-order valence-corrected chi connectivity index (χ1v) is 13.6. The summed E-state index contributed by atoms with van der Waals surface area (Å²) in [6.07, 6.45) is 1.87. The second-order valence-electron chi connectivity index (χ2n) is 6.96. The zero-order valence-corrected chi connectivity index (χ0v) is 20.2. The van der Waals surface area contributed by atoms with Crippen molar-refractivity contribution in [3.63, 3.8) is 0 Å². The Morgan fingerprint density at radius 2 is 1.83 bits per heavy atom. The number of hydrogen-bond donors (Lipinski definition) is 0. The summed E-state index contributed by atoms with van der Waals surface area (Å²) in [5, 5.41) is 0.463. The Morgan fingerprint density at radius 3 is 2.50 bits per heavy atom. The van der Waals surface area contributed by atoms with Gasteiger partial charge in [0, 0.05) is 23.7 Å². The fourth-order valence-electron chi connectivity index (χ4n) is 2.95. The van der Waals surface area contributed by atoms with Crippen LogP contribution in [0.2, 0.25) is 5.02 Å². The van der Waals surface area contributed by atoms with Gasteiger partial charge in [-0.05, 0) is 67.6 Å². The molecule has 30 heavy (non-hydrogen) atoms. The molecule has 3 aromatic rings. The highest BCUT2D eigenvalue weighted by Crippen LogP contribution is 2.22. The average Bonchev–Trinajstić information content (AvgIpc) is 3.01. The van der Waals surface area contributed by atoms with Crippen LogP contribution in [0.15, 0.2) is 46.3 Å². The molecule has 0 N–H and O–H groups in total. The number of carbonyl (C=O) groups excluding carboxylic acids is 1. The number of sulfone groups is 1. The third-order valence-corrected chi connectivity index (χ3v) is 8.41. The van der Waals surface area contributed by atoms with Crippen LogP contribution in [0.4, 0.5) is 0 Å². The normalized spacial score (nSPS) is 12.6. The van der Waals surface area contributed by atoms with Crippen LogP contribution in [-0.4, -0.2) is 36.7 Å². The number of hydrogen-bond acceptors (Lipinski definition) is 5. The number of halogens is 1. The van der Waals surface area contributed by atoms with Crippen molar-refractivity contribution in [1.82, 2.24) is 4.57 Å². The largest absolute Gasteiger partial charge is 0.316 e. The molecule has 0 aliphatic rings. The molecule has 0 radical (unpaired) electrons. The highest BCUT2D eigenvalue weighted by Gasteiger charge is 2.17. The minimum atomic E-state index is -3.57. The molecule has 0 fully saturated rings. The molecule has 1 aromatic heterocycles. The van der Waals surface area contributed by atoms with Crippen molar-refractivity contribution in [1.29, 1.82) is 0 Å². The Bertz CT molecular complexity index is 1240. The van der Waals surface area contributed by atoms with Gasteiger partial charge in [-0.15, -0.1) is 0 Å². The van der Waals surface area contributed by atoms with Gasteiger partial charge in [0.2, 0.25) is 5.91 Å². The summed E-state index contributed by atoms with van der Waals surface area (Å²) in [6.45, 7) is 4.86. The SMILES string of the molecule is CSCCn1c(=NC(=O)CCS(=O)(=O)c2ccc(Cl)cc2)sc2cc(C)c(C)cc21. The number of nitrogens with zero attached hydrogens (tertiary/aromatic N) is 2. The van der Waals surface area contributed by atoms with E-state index in [1.165, 1.54) is 46.7 Å². The summed E-state index contributed by atoms with van der Waals surface area (Å²) in [5.41, 5.74) is 3.43. The van der Waals surface area contributed by atoms with E-state index >= 15 is 0 Å². The lowest BCUT2D eigenvalue weighted by molar-refractivity contribution is -0.117. The summed E-state index contributed by atoms with van der Waals surface area (Å²) in [4.78, 5) is 17.5. The lowest BCUT2D eigenvalue weighted by atomic mass is 10.1.